The number of nitrogens with zero attached hydrogens (tertiary/aromatic N) is 2. The molecule has 154 valence electrons. The highest BCUT2D eigenvalue weighted by molar-refractivity contribution is 6.35. The van der Waals surface area contributed by atoms with Gasteiger partial charge in [-0.2, -0.15) is 0 Å². The van der Waals surface area contributed by atoms with Crippen LogP contribution >= 0.6 is 11.6 Å². The number of oxime groups is 1. The number of hydrogen-bond acceptors (Lipinski definition) is 6. The molecule has 1 saturated carbocycles. The van der Waals surface area contributed by atoms with E-state index in [-0.39, 0.29) is 29.5 Å². The van der Waals surface area contributed by atoms with Crippen LogP contribution in [0, 0.1) is 17.7 Å². The Morgan fingerprint density at radius 1 is 1.34 bits per heavy atom. The van der Waals surface area contributed by atoms with Gasteiger partial charge in [0.15, 0.2) is 0 Å². The number of carbonyl (C=O) groups excluding carboxylic acids is 3. The number of anilines is 1. The quantitative estimate of drug-likeness (QED) is 0.551. The van der Waals surface area contributed by atoms with Crippen LogP contribution in [0.5, 0.6) is 0 Å². The van der Waals surface area contributed by atoms with Crippen molar-refractivity contribution in [1.82, 2.24) is 0 Å². The van der Waals surface area contributed by atoms with Gasteiger partial charge in [0.2, 0.25) is 17.4 Å². The molecule has 1 aromatic carbocycles. The van der Waals surface area contributed by atoms with Gasteiger partial charge in [-0.1, -0.05) is 23.7 Å². The predicted molar refractivity (Wildman–Crippen MR) is 102 cm³/mol. The van der Waals surface area contributed by atoms with Crippen LogP contribution in [-0.2, 0) is 24.0 Å². The van der Waals surface area contributed by atoms with Crippen LogP contribution in [0.1, 0.15) is 44.6 Å². The largest absolute Gasteiger partial charge is 0.466 e. The molecule has 9 heteroatoms. The van der Waals surface area contributed by atoms with Crippen LogP contribution in [0.25, 0.3) is 0 Å². The normalized spacial score (nSPS) is 27.0. The molecule has 2 atom stereocenters. The van der Waals surface area contributed by atoms with Gasteiger partial charge in [0.05, 0.1) is 29.4 Å². The van der Waals surface area contributed by atoms with Gasteiger partial charge in [0.1, 0.15) is 5.82 Å². The van der Waals surface area contributed by atoms with Gasteiger partial charge in [-0.15, -0.1) is 0 Å². The SMILES string of the molecule is COC(=O)C12CCCC1C(c1cc(N3C(=O)CC(C)CC3=O)c(F)cc1Cl)=NO2. The number of benzene rings is 1. The molecule has 2 unspecified atom stereocenters. The second kappa shape index (κ2) is 7.09. The number of hydrogen-bond donors (Lipinski definition) is 0. The zero-order valence-electron chi connectivity index (χ0n) is 16.0. The molecule has 1 aromatic rings. The van der Waals surface area contributed by atoms with Gasteiger partial charge in [-0.3, -0.25) is 9.59 Å². The summed E-state index contributed by atoms with van der Waals surface area (Å²) >= 11 is 6.28. The second-order valence-corrected chi connectivity index (χ2v) is 8.22. The molecule has 1 aliphatic carbocycles. The Morgan fingerprint density at radius 3 is 2.69 bits per heavy atom. The average Bonchev–Trinajstić information content (AvgIpc) is 3.22. The topological polar surface area (TPSA) is 85.3 Å². The van der Waals surface area contributed by atoms with Crippen molar-refractivity contribution in [2.24, 2.45) is 17.0 Å². The van der Waals surface area contributed by atoms with Crippen LogP contribution in [0.15, 0.2) is 17.3 Å². The molecule has 4 rings (SSSR count). The van der Waals surface area contributed by atoms with Crippen molar-refractivity contribution in [3.05, 3.63) is 28.5 Å². The highest BCUT2D eigenvalue weighted by Gasteiger charge is 2.59. The lowest BCUT2D eigenvalue weighted by molar-refractivity contribution is -0.168. The van der Waals surface area contributed by atoms with E-state index in [1.165, 1.54) is 13.2 Å². The molecule has 2 aliphatic heterocycles. The molecule has 0 N–H and O–H groups in total. The number of esters is 1. The summed E-state index contributed by atoms with van der Waals surface area (Å²) in [5.74, 6) is -2.72. The standard InChI is InChI=1S/C20H20ClFN2O5/c1-10-6-16(25)24(17(26)7-10)15-8-11(13(21)9-14(15)22)18-12-4-3-5-20(12,29-23-18)19(27)28-2/h8-10,12H,3-7H2,1-2H3. The van der Waals surface area contributed by atoms with Crippen molar-refractivity contribution in [1.29, 1.82) is 0 Å². The second-order valence-electron chi connectivity index (χ2n) is 7.81. The Bertz CT molecular complexity index is 931. The van der Waals surface area contributed by atoms with Crippen molar-refractivity contribution < 1.29 is 28.3 Å². The fourth-order valence-electron chi connectivity index (χ4n) is 4.49. The molecule has 29 heavy (non-hydrogen) atoms. The fraction of sp³-hybridized carbons (Fsp3) is 0.500. The molecule has 2 fully saturated rings. The molecular formula is C20H20ClFN2O5. The minimum Gasteiger partial charge on any atom is -0.466 e. The maximum atomic E-state index is 14.7. The van der Waals surface area contributed by atoms with Crippen molar-refractivity contribution in [2.45, 2.75) is 44.6 Å². The van der Waals surface area contributed by atoms with E-state index in [1.807, 2.05) is 0 Å². The molecule has 2 heterocycles. The van der Waals surface area contributed by atoms with Crippen molar-refractivity contribution in [2.75, 3.05) is 12.0 Å². The zero-order chi connectivity index (χ0) is 20.9. The van der Waals surface area contributed by atoms with Crippen molar-refractivity contribution in [3.63, 3.8) is 0 Å². The Labute approximate surface area is 171 Å². The van der Waals surface area contributed by atoms with E-state index in [0.717, 1.165) is 17.4 Å². The van der Waals surface area contributed by atoms with E-state index in [4.69, 9.17) is 21.2 Å². The summed E-state index contributed by atoms with van der Waals surface area (Å²) < 4.78 is 19.6. The Balaban J connectivity index is 1.75. The Hall–Kier alpha value is -2.48. The highest BCUT2D eigenvalue weighted by atomic mass is 35.5. The summed E-state index contributed by atoms with van der Waals surface area (Å²) in [6, 6.07) is 2.40. The van der Waals surface area contributed by atoms with E-state index in [1.54, 1.807) is 6.92 Å². The van der Waals surface area contributed by atoms with Crippen LogP contribution in [-0.4, -0.2) is 36.2 Å². The van der Waals surface area contributed by atoms with Gasteiger partial charge >= 0.3 is 5.97 Å². The van der Waals surface area contributed by atoms with Gasteiger partial charge < -0.3 is 9.57 Å². The smallest absolute Gasteiger partial charge is 0.353 e. The molecule has 0 aromatic heterocycles. The molecule has 2 amide bonds. The number of rotatable bonds is 3. The van der Waals surface area contributed by atoms with Gasteiger partial charge in [0, 0.05) is 24.8 Å². The first-order valence-electron chi connectivity index (χ1n) is 9.48. The van der Waals surface area contributed by atoms with Crippen molar-refractivity contribution in [3.8, 4) is 0 Å². The lowest BCUT2D eigenvalue weighted by Gasteiger charge is -2.29. The Kier molecular flexibility index (Phi) is 4.85. The predicted octanol–water partition coefficient (Wildman–Crippen LogP) is 3.21. The summed E-state index contributed by atoms with van der Waals surface area (Å²) in [6.07, 6.45) is 2.11. The zero-order valence-corrected chi connectivity index (χ0v) is 16.8. The minimum absolute atomic E-state index is 0.0615. The number of ether oxygens (including phenoxy) is 1. The van der Waals surface area contributed by atoms with Gasteiger partial charge in [0.25, 0.3) is 0 Å². The number of methoxy groups -OCH3 is 1. The van der Waals surface area contributed by atoms with Gasteiger partial charge in [-0.05, 0) is 30.9 Å². The summed E-state index contributed by atoms with van der Waals surface area (Å²) in [6.45, 7) is 1.80. The average molecular weight is 423 g/mol. The molecular weight excluding hydrogens is 403 g/mol. The fourth-order valence-corrected chi connectivity index (χ4v) is 4.74. The summed E-state index contributed by atoms with van der Waals surface area (Å²) in [4.78, 5) is 43.6. The first kappa shape index (κ1) is 19.8. The molecule has 3 aliphatic rings. The number of imide groups is 1. The maximum Gasteiger partial charge on any atom is 0.353 e. The van der Waals surface area contributed by atoms with E-state index >= 15 is 0 Å². The third-order valence-corrected chi connectivity index (χ3v) is 6.18. The van der Waals surface area contributed by atoms with E-state index in [9.17, 15) is 18.8 Å². The third-order valence-electron chi connectivity index (χ3n) is 5.87. The molecule has 0 radical (unpaired) electrons. The van der Waals surface area contributed by atoms with Crippen LogP contribution in [0.2, 0.25) is 5.02 Å². The number of piperidine rings is 1. The van der Waals surface area contributed by atoms with Crippen LogP contribution in [0.4, 0.5) is 10.1 Å². The first-order valence-corrected chi connectivity index (χ1v) is 9.86. The van der Waals surface area contributed by atoms with Gasteiger partial charge in [-0.25, -0.2) is 14.1 Å². The van der Waals surface area contributed by atoms with E-state index < -0.39 is 35.1 Å². The number of halogens is 2. The molecule has 7 nitrogen and oxygen atoms in total. The lowest BCUT2D eigenvalue weighted by atomic mass is 9.84. The highest BCUT2D eigenvalue weighted by Crippen LogP contribution is 2.47. The third kappa shape index (κ3) is 3.01. The first-order chi connectivity index (χ1) is 13.8. The molecule has 0 bridgehead atoms. The molecule has 1 saturated heterocycles. The number of carbonyl (C=O) groups is 3. The minimum atomic E-state index is -1.21. The lowest BCUT2D eigenvalue weighted by Crippen LogP contribution is -2.44. The monoisotopic (exact) mass is 422 g/mol. The maximum absolute atomic E-state index is 14.7. The van der Waals surface area contributed by atoms with E-state index in [2.05, 4.69) is 5.16 Å². The van der Waals surface area contributed by atoms with Crippen molar-refractivity contribution >= 4 is 40.8 Å². The summed E-state index contributed by atoms with van der Waals surface area (Å²) in [5.41, 5.74) is -0.652. The van der Waals surface area contributed by atoms with Crippen LogP contribution < -0.4 is 4.90 Å². The summed E-state index contributed by atoms with van der Waals surface area (Å²) in [7, 11) is 1.28. The number of fused-ring (bicyclic) bond motifs is 1. The summed E-state index contributed by atoms with van der Waals surface area (Å²) in [5, 5.41) is 4.14. The Morgan fingerprint density at radius 2 is 2.03 bits per heavy atom. The van der Waals surface area contributed by atoms with Crippen LogP contribution in [0.3, 0.4) is 0 Å². The van der Waals surface area contributed by atoms with E-state index in [0.29, 0.717) is 24.1 Å². The number of amides is 2. The molecule has 0 spiro atoms.